The summed E-state index contributed by atoms with van der Waals surface area (Å²) in [6.45, 7) is 1.39. The van der Waals surface area contributed by atoms with E-state index >= 15 is 0 Å². The highest BCUT2D eigenvalue weighted by Crippen LogP contribution is 2.28. The first-order valence-electron chi connectivity index (χ1n) is 4.94. The highest BCUT2D eigenvalue weighted by Gasteiger charge is 2.48. The van der Waals surface area contributed by atoms with Crippen molar-refractivity contribution < 1.29 is 24.7 Å². The van der Waals surface area contributed by atoms with Crippen LogP contribution in [0.1, 0.15) is 19.0 Å². The molecular weight excluding hydrogens is 244 g/mol. The van der Waals surface area contributed by atoms with E-state index in [0.717, 1.165) is 18.3 Å². The lowest BCUT2D eigenvalue weighted by Gasteiger charge is -2.22. The Bertz CT molecular complexity index is 482. The van der Waals surface area contributed by atoms with E-state index < -0.39 is 22.3 Å². The van der Waals surface area contributed by atoms with Gasteiger partial charge in [0.15, 0.2) is 0 Å². The number of pyridine rings is 1. The van der Waals surface area contributed by atoms with Crippen LogP contribution in [0.25, 0.3) is 0 Å². The molecule has 0 fully saturated rings. The quantitative estimate of drug-likeness (QED) is 0.451. The minimum atomic E-state index is -2.19. The molecule has 0 bridgehead atoms. The lowest BCUT2D eigenvalue weighted by Crippen LogP contribution is -2.43. The Kier molecular flexibility index (Phi) is 3.60. The molecule has 0 saturated carbocycles. The molecule has 0 amide bonds. The van der Waals surface area contributed by atoms with Crippen LogP contribution in [0, 0.1) is 10.1 Å². The molecule has 0 aromatic carbocycles. The second-order valence-electron chi connectivity index (χ2n) is 3.53. The van der Waals surface area contributed by atoms with Crippen LogP contribution in [0.5, 0.6) is 0 Å². The fourth-order valence-corrected chi connectivity index (χ4v) is 1.54. The van der Waals surface area contributed by atoms with Gasteiger partial charge in [0, 0.05) is 6.07 Å². The Labute approximate surface area is 101 Å². The van der Waals surface area contributed by atoms with Crippen LogP contribution in [0.15, 0.2) is 18.3 Å². The van der Waals surface area contributed by atoms with Crippen molar-refractivity contribution in [2.45, 2.75) is 18.8 Å². The summed E-state index contributed by atoms with van der Waals surface area (Å²) < 4.78 is 0. The smallest absolute Gasteiger partial charge is 0.327 e. The summed E-state index contributed by atoms with van der Waals surface area (Å²) >= 11 is 0. The van der Waals surface area contributed by atoms with Gasteiger partial charge >= 0.3 is 11.9 Å². The minimum absolute atomic E-state index is 0.220. The Balaban J connectivity index is 3.35. The van der Waals surface area contributed by atoms with E-state index in [1.54, 1.807) is 0 Å². The number of hydrogen-bond acceptors (Lipinski definition) is 5. The van der Waals surface area contributed by atoms with E-state index in [1.807, 2.05) is 0 Å². The Morgan fingerprint density at radius 1 is 1.39 bits per heavy atom. The summed E-state index contributed by atoms with van der Waals surface area (Å²) in [5.41, 5.74) is -2.76. The Morgan fingerprint density at radius 3 is 2.22 bits per heavy atom. The fourth-order valence-electron chi connectivity index (χ4n) is 1.54. The van der Waals surface area contributed by atoms with E-state index in [0.29, 0.717) is 0 Å². The lowest BCUT2D eigenvalue weighted by atomic mass is 9.81. The molecule has 1 aromatic heterocycles. The number of carboxylic acid groups (broad SMARTS) is 2. The van der Waals surface area contributed by atoms with Crippen LogP contribution in [-0.2, 0) is 15.0 Å². The van der Waals surface area contributed by atoms with Crippen molar-refractivity contribution in [3.05, 3.63) is 34.1 Å². The average Bonchev–Trinajstić information content (AvgIpc) is 2.30. The molecule has 1 rings (SSSR count). The fraction of sp³-hybridized carbons (Fsp3) is 0.300. The van der Waals surface area contributed by atoms with Crippen molar-refractivity contribution in [3.8, 4) is 0 Å². The molecule has 8 heteroatoms. The van der Waals surface area contributed by atoms with Crippen LogP contribution >= 0.6 is 0 Å². The lowest BCUT2D eigenvalue weighted by molar-refractivity contribution is -0.385. The average molecular weight is 254 g/mol. The van der Waals surface area contributed by atoms with Crippen molar-refractivity contribution in [1.29, 1.82) is 0 Å². The third-order valence-electron chi connectivity index (χ3n) is 2.66. The summed E-state index contributed by atoms with van der Waals surface area (Å²) in [7, 11) is 0. The van der Waals surface area contributed by atoms with E-state index in [4.69, 9.17) is 10.2 Å². The van der Waals surface area contributed by atoms with Crippen molar-refractivity contribution in [1.82, 2.24) is 4.98 Å². The number of aromatic nitrogens is 1. The number of carboxylic acids is 2. The van der Waals surface area contributed by atoms with E-state index in [1.165, 1.54) is 6.92 Å². The molecular formula is C10H10N2O6. The Morgan fingerprint density at radius 2 is 1.94 bits per heavy atom. The molecule has 0 radical (unpaired) electrons. The topological polar surface area (TPSA) is 131 Å². The number of nitrogens with zero attached hydrogens (tertiary/aromatic N) is 2. The molecule has 0 unspecified atom stereocenters. The first-order valence-corrected chi connectivity index (χ1v) is 4.94. The number of aliphatic carboxylic acids is 2. The van der Waals surface area contributed by atoms with E-state index in [2.05, 4.69) is 4.98 Å². The van der Waals surface area contributed by atoms with Gasteiger partial charge in [0.05, 0.1) is 10.6 Å². The summed E-state index contributed by atoms with van der Waals surface area (Å²) in [4.78, 5) is 35.6. The third kappa shape index (κ3) is 1.99. The minimum Gasteiger partial charge on any atom is -0.480 e. The molecule has 0 aliphatic heterocycles. The van der Waals surface area contributed by atoms with Gasteiger partial charge in [-0.2, -0.15) is 0 Å². The Hall–Kier alpha value is -2.51. The summed E-state index contributed by atoms with van der Waals surface area (Å²) in [5, 5.41) is 28.6. The van der Waals surface area contributed by atoms with Gasteiger partial charge in [-0.15, -0.1) is 0 Å². The molecule has 0 saturated heterocycles. The molecule has 18 heavy (non-hydrogen) atoms. The molecule has 8 nitrogen and oxygen atoms in total. The molecule has 0 aliphatic rings. The SMILES string of the molecule is CCC(C(=O)O)(C(=O)O)c1ccc([N+](=O)[O-])cn1. The monoisotopic (exact) mass is 254 g/mol. The van der Waals surface area contributed by atoms with Crippen LogP contribution in [0.4, 0.5) is 5.69 Å². The van der Waals surface area contributed by atoms with E-state index in [-0.39, 0.29) is 17.8 Å². The highest BCUT2D eigenvalue weighted by atomic mass is 16.6. The van der Waals surface area contributed by atoms with Gasteiger partial charge in [0.1, 0.15) is 6.20 Å². The van der Waals surface area contributed by atoms with Gasteiger partial charge in [-0.1, -0.05) is 6.92 Å². The van der Waals surface area contributed by atoms with Crippen LogP contribution in [0.2, 0.25) is 0 Å². The summed E-state index contributed by atoms with van der Waals surface area (Å²) in [5.74, 6) is -3.11. The number of carbonyl (C=O) groups is 2. The second kappa shape index (κ2) is 4.78. The zero-order valence-electron chi connectivity index (χ0n) is 9.36. The van der Waals surface area contributed by atoms with Crippen LogP contribution in [-0.4, -0.2) is 32.1 Å². The van der Waals surface area contributed by atoms with E-state index in [9.17, 15) is 19.7 Å². The molecule has 1 aromatic rings. The van der Waals surface area contributed by atoms with Gasteiger partial charge in [0.2, 0.25) is 5.41 Å². The molecule has 96 valence electrons. The molecule has 0 atom stereocenters. The standard InChI is InChI=1S/C10H10N2O6/c1-2-10(8(13)14,9(15)16)7-4-3-6(5-11-7)12(17)18/h3-5H,2H2,1H3,(H,13,14)(H,15,16). The van der Waals surface area contributed by atoms with Gasteiger partial charge < -0.3 is 10.2 Å². The van der Waals surface area contributed by atoms with Crippen LogP contribution in [0.3, 0.4) is 0 Å². The van der Waals surface area contributed by atoms with Crippen LogP contribution < -0.4 is 0 Å². The largest absolute Gasteiger partial charge is 0.480 e. The zero-order chi connectivity index (χ0) is 13.9. The van der Waals surface area contributed by atoms with Crippen molar-refractivity contribution in [2.24, 2.45) is 0 Å². The predicted octanol–water partition coefficient (Wildman–Crippen LogP) is 0.807. The number of rotatable bonds is 5. The third-order valence-corrected chi connectivity index (χ3v) is 2.66. The maximum atomic E-state index is 11.2. The normalized spacial score (nSPS) is 10.9. The maximum absolute atomic E-state index is 11.2. The van der Waals surface area contributed by atoms with Crippen molar-refractivity contribution >= 4 is 17.6 Å². The van der Waals surface area contributed by atoms with Gasteiger partial charge in [0.25, 0.3) is 5.69 Å². The first kappa shape index (κ1) is 13.6. The number of hydrogen-bond donors (Lipinski definition) is 2. The first-order chi connectivity index (χ1) is 8.36. The maximum Gasteiger partial charge on any atom is 0.327 e. The van der Waals surface area contributed by atoms with Gasteiger partial charge in [-0.3, -0.25) is 24.7 Å². The molecule has 2 N–H and O–H groups in total. The predicted molar refractivity (Wildman–Crippen MR) is 58.1 cm³/mol. The van der Waals surface area contributed by atoms with Crippen molar-refractivity contribution in [2.75, 3.05) is 0 Å². The molecule has 0 aliphatic carbocycles. The number of nitro groups is 1. The molecule has 0 spiro atoms. The van der Waals surface area contributed by atoms with Gasteiger partial charge in [-0.25, -0.2) is 0 Å². The summed E-state index contributed by atoms with van der Waals surface area (Å²) in [6, 6.07) is 2.07. The summed E-state index contributed by atoms with van der Waals surface area (Å²) in [6.07, 6.45) is 0.619. The van der Waals surface area contributed by atoms with Crippen molar-refractivity contribution in [3.63, 3.8) is 0 Å². The second-order valence-corrected chi connectivity index (χ2v) is 3.53. The highest BCUT2D eigenvalue weighted by molar-refractivity contribution is 6.04. The molecule has 1 heterocycles. The zero-order valence-corrected chi connectivity index (χ0v) is 9.36. The van der Waals surface area contributed by atoms with Gasteiger partial charge in [-0.05, 0) is 12.5 Å².